The van der Waals surface area contributed by atoms with Crippen LogP contribution in [0.15, 0.2) is 6.20 Å². The van der Waals surface area contributed by atoms with E-state index >= 15 is 0 Å². The van der Waals surface area contributed by atoms with Gasteiger partial charge in [0, 0.05) is 0 Å². The number of hydrogen-bond acceptors (Lipinski definition) is 4. The lowest BCUT2D eigenvalue weighted by Crippen LogP contribution is -2.01. The Morgan fingerprint density at radius 3 is 2.82 bits per heavy atom. The maximum absolute atomic E-state index is 10.2. The molecule has 0 radical (unpaired) electrons. The van der Waals surface area contributed by atoms with Crippen LogP contribution in [0.2, 0.25) is 5.79 Å². The van der Waals surface area contributed by atoms with Crippen LogP contribution >= 0.6 is 0 Å². The highest BCUT2D eigenvalue weighted by Crippen LogP contribution is 2.17. The fourth-order valence-electron chi connectivity index (χ4n) is 0.728. The number of nitrogens with two attached hydrogens (primary N) is 1. The minimum Gasteiger partial charge on any atom is -0.377 e. The molecular weight excluding hydrogens is 163 g/mol. The third kappa shape index (κ3) is 1.50. The van der Waals surface area contributed by atoms with Gasteiger partial charge in [-0.3, -0.25) is 10.1 Å². The van der Waals surface area contributed by atoms with Crippen LogP contribution in [-0.2, 0) is 0 Å². The average molecular weight is 170 g/mol. The molecule has 0 saturated carbocycles. The zero-order valence-corrected chi connectivity index (χ0v) is 7.43. The molecule has 0 amide bonds. The van der Waals surface area contributed by atoms with E-state index in [9.17, 15) is 10.1 Å². The fourth-order valence-corrected chi connectivity index (χ4v) is 1.38. The van der Waals surface area contributed by atoms with Gasteiger partial charge in [0.1, 0.15) is 0 Å². The third-order valence-electron chi connectivity index (χ3n) is 1.29. The van der Waals surface area contributed by atoms with E-state index in [2.05, 4.69) is 5.10 Å². The van der Waals surface area contributed by atoms with Crippen LogP contribution in [0.1, 0.15) is 0 Å². The van der Waals surface area contributed by atoms with Crippen LogP contribution in [0.4, 0.5) is 11.5 Å². The van der Waals surface area contributed by atoms with Gasteiger partial charge in [0.25, 0.3) is 0 Å². The summed E-state index contributed by atoms with van der Waals surface area (Å²) in [5, 5.41) is 14.0. The number of aromatic nitrogens is 2. The van der Waals surface area contributed by atoms with Gasteiger partial charge in [-0.05, 0) is 0 Å². The largest absolute Gasteiger partial charge is 0.417 e. The molecule has 0 saturated heterocycles. The molecule has 6 nitrogen and oxygen atoms in total. The molecule has 0 spiro atoms. The first-order chi connectivity index (χ1) is 5.15. The van der Waals surface area contributed by atoms with E-state index in [0.717, 1.165) is 0 Å². The normalized spacial score (nSPS) is 9.55. The lowest BCUT2D eigenvalue weighted by molar-refractivity contribution is -0.383. The molecular formula is C4H7AlN4O2. The summed E-state index contributed by atoms with van der Waals surface area (Å²) >= 11 is -0.520. The van der Waals surface area contributed by atoms with Crippen LogP contribution in [0.25, 0.3) is 0 Å². The second-order valence-electron chi connectivity index (χ2n) is 2.01. The summed E-state index contributed by atoms with van der Waals surface area (Å²) in [6.45, 7) is 0. The fraction of sp³-hybridized carbons (Fsp3) is 0.250. The number of anilines is 1. The summed E-state index contributed by atoms with van der Waals surface area (Å²) in [5.74, 6) is 1.97. The van der Waals surface area contributed by atoms with Gasteiger partial charge in [0.05, 0.1) is 11.1 Å². The molecule has 1 heterocycles. The van der Waals surface area contributed by atoms with Gasteiger partial charge in [0.2, 0.25) is 5.82 Å². The van der Waals surface area contributed by atoms with Gasteiger partial charge in [0.15, 0.2) is 0 Å². The van der Waals surface area contributed by atoms with Crippen molar-refractivity contribution in [3.63, 3.8) is 0 Å². The Hall–Kier alpha value is -1.06. The summed E-state index contributed by atoms with van der Waals surface area (Å²) in [7, 11) is 0. The molecule has 0 aliphatic heterocycles. The van der Waals surface area contributed by atoms with Gasteiger partial charge in [-0.1, -0.05) is 5.79 Å². The minimum atomic E-state index is -0.525. The van der Waals surface area contributed by atoms with E-state index in [0.29, 0.717) is 0 Å². The molecule has 0 aliphatic rings. The zero-order chi connectivity index (χ0) is 8.43. The van der Waals surface area contributed by atoms with Gasteiger partial charge in [-0.25, -0.2) is 0 Å². The first kappa shape index (κ1) is 8.04. The van der Waals surface area contributed by atoms with E-state index in [-0.39, 0.29) is 11.5 Å². The molecule has 2 N–H and O–H groups in total. The summed E-state index contributed by atoms with van der Waals surface area (Å²) in [5.41, 5.74) is 5.17. The molecule has 58 valence electrons. The lowest BCUT2D eigenvalue weighted by atomic mass is 10.5. The van der Waals surface area contributed by atoms with Crippen molar-refractivity contribution >= 4 is 26.9 Å². The van der Waals surface area contributed by atoms with Crippen molar-refractivity contribution in [2.24, 2.45) is 0 Å². The van der Waals surface area contributed by atoms with Gasteiger partial charge in [-0.15, -0.1) is 0 Å². The van der Waals surface area contributed by atoms with Gasteiger partial charge in [-0.2, -0.15) is 5.10 Å². The summed E-state index contributed by atoms with van der Waals surface area (Å²) in [4.78, 5) is 9.71. The number of nitrogens with zero attached hydrogens (tertiary/aromatic N) is 3. The Morgan fingerprint density at radius 1 is 1.91 bits per heavy atom. The van der Waals surface area contributed by atoms with E-state index in [1.165, 1.54) is 6.20 Å². The molecule has 1 aromatic rings. The van der Waals surface area contributed by atoms with Crippen LogP contribution in [-0.4, -0.2) is 29.1 Å². The van der Waals surface area contributed by atoms with Crippen molar-refractivity contribution in [2.75, 3.05) is 5.73 Å². The van der Waals surface area contributed by atoms with Crippen LogP contribution in [0, 0.1) is 10.1 Å². The maximum atomic E-state index is 10.2. The Kier molecular flexibility index (Phi) is 2.12. The van der Waals surface area contributed by atoms with Gasteiger partial charge < -0.3 is 9.40 Å². The van der Waals surface area contributed by atoms with Crippen molar-refractivity contribution in [1.82, 2.24) is 8.76 Å². The number of nitro groups is 1. The Morgan fingerprint density at radius 2 is 2.55 bits per heavy atom. The van der Waals surface area contributed by atoms with E-state index in [1.54, 1.807) is 3.67 Å². The summed E-state index contributed by atoms with van der Waals surface area (Å²) in [6.07, 6.45) is 1.38. The highest BCUT2D eigenvalue weighted by atomic mass is 27.1. The zero-order valence-electron chi connectivity index (χ0n) is 6.02. The third-order valence-corrected chi connectivity index (χ3v) is 2.26. The molecule has 0 atom stereocenters. The quantitative estimate of drug-likeness (QED) is 0.372. The van der Waals surface area contributed by atoms with Crippen molar-refractivity contribution in [3.8, 4) is 0 Å². The second-order valence-corrected chi connectivity index (χ2v) is 3.29. The number of hydrogen-bond donors (Lipinski definition) is 1. The smallest absolute Gasteiger partial charge is 0.377 e. The first-order valence-electron chi connectivity index (χ1n) is 3.12. The van der Waals surface area contributed by atoms with Crippen molar-refractivity contribution < 1.29 is 4.92 Å². The SMILES string of the molecule is [CH3][AlH][n]1cc([N+](=O)[O-])c(N)n1. The van der Waals surface area contributed by atoms with Crippen molar-refractivity contribution in [1.29, 1.82) is 0 Å². The number of rotatable bonds is 2. The molecule has 1 aromatic heterocycles. The van der Waals surface area contributed by atoms with E-state index < -0.39 is 20.4 Å². The second kappa shape index (κ2) is 2.90. The van der Waals surface area contributed by atoms with E-state index in [1.807, 2.05) is 5.79 Å². The van der Waals surface area contributed by atoms with Crippen LogP contribution in [0.5, 0.6) is 0 Å². The average Bonchev–Trinajstić information content (AvgIpc) is 2.30. The molecule has 11 heavy (non-hydrogen) atoms. The van der Waals surface area contributed by atoms with Crippen LogP contribution < -0.4 is 5.73 Å². The summed E-state index contributed by atoms with van der Waals surface area (Å²) < 4.78 is 1.56. The van der Waals surface area contributed by atoms with Crippen molar-refractivity contribution in [2.45, 2.75) is 5.79 Å². The Balaban J connectivity index is 3.07. The van der Waals surface area contributed by atoms with Gasteiger partial charge >= 0.3 is 21.1 Å². The Bertz CT molecular complexity index is 284. The topological polar surface area (TPSA) is 87.0 Å². The first-order valence-corrected chi connectivity index (χ1v) is 5.17. The predicted molar refractivity (Wildman–Crippen MR) is 41.7 cm³/mol. The molecule has 0 unspecified atom stereocenters. The maximum Gasteiger partial charge on any atom is 0.417 e. The molecule has 1 rings (SSSR count). The molecule has 0 fully saturated rings. The highest BCUT2D eigenvalue weighted by molar-refractivity contribution is 6.31. The predicted octanol–water partition coefficient (Wildman–Crippen LogP) is -0.379. The molecule has 0 aromatic carbocycles. The lowest BCUT2D eigenvalue weighted by Gasteiger charge is -1.85. The summed E-state index contributed by atoms with van der Waals surface area (Å²) in [6, 6.07) is 0. The minimum absolute atomic E-state index is 0.00403. The van der Waals surface area contributed by atoms with Crippen LogP contribution in [0.3, 0.4) is 0 Å². The highest BCUT2D eigenvalue weighted by Gasteiger charge is 2.14. The standard InChI is InChI=1S/C3H3N4O2.CH3.Al.H/c4-3-2(7(8)9)1-5-6-3;;;/h1H,(H2-,4,5,6);1H3;;/q-1;;+1;. The van der Waals surface area contributed by atoms with Crippen molar-refractivity contribution in [3.05, 3.63) is 16.3 Å². The number of nitrogen functional groups attached to an aromatic ring is 1. The molecule has 0 bridgehead atoms. The molecule has 0 aliphatic carbocycles. The van der Waals surface area contributed by atoms with E-state index in [4.69, 9.17) is 5.73 Å². The Labute approximate surface area is 69.1 Å². The molecule has 7 heteroatoms. The monoisotopic (exact) mass is 170 g/mol.